The van der Waals surface area contributed by atoms with Gasteiger partial charge in [0.1, 0.15) is 24.2 Å². The maximum Gasteiger partial charge on any atom is 0.471 e. The van der Waals surface area contributed by atoms with Crippen LogP contribution in [-0.2, 0) is 20.9 Å². The van der Waals surface area contributed by atoms with Crippen LogP contribution < -0.4 is 11.1 Å². The summed E-state index contributed by atoms with van der Waals surface area (Å²) in [6.07, 6.45) is -3.48. The van der Waals surface area contributed by atoms with Crippen LogP contribution in [0.2, 0.25) is 0 Å². The van der Waals surface area contributed by atoms with Crippen LogP contribution in [0.25, 0.3) is 11.2 Å². The second kappa shape index (κ2) is 10.3. The third-order valence-corrected chi connectivity index (χ3v) is 5.23. The maximum absolute atomic E-state index is 12.1. The van der Waals surface area contributed by atoms with Crippen LogP contribution in [0.3, 0.4) is 0 Å². The predicted molar refractivity (Wildman–Crippen MR) is 116 cm³/mol. The first-order chi connectivity index (χ1) is 16.7. The van der Waals surface area contributed by atoms with E-state index < -0.39 is 37.1 Å². The molecule has 1 aliphatic heterocycles. The third kappa shape index (κ3) is 5.86. The first-order valence-corrected chi connectivity index (χ1v) is 10.5. The van der Waals surface area contributed by atoms with Crippen molar-refractivity contribution in [3.8, 4) is 11.8 Å². The lowest BCUT2D eigenvalue weighted by molar-refractivity contribution is -0.173. The molecule has 2 aromatic heterocycles. The fourth-order valence-electron chi connectivity index (χ4n) is 3.46. The van der Waals surface area contributed by atoms with Gasteiger partial charge in [-0.3, -0.25) is 9.36 Å². The molecule has 0 saturated carbocycles. The van der Waals surface area contributed by atoms with E-state index in [0.29, 0.717) is 23.1 Å². The van der Waals surface area contributed by atoms with Gasteiger partial charge in [0.05, 0.1) is 32.2 Å². The van der Waals surface area contributed by atoms with Crippen LogP contribution in [-0.4, -0.2) is 62.1 Å². The van der Waals surface area contributed by atoms with E-state index in [1.54, 1.807) is 40.5 Å². The minimum Gasteiger partial charge on any atom is -0.390 e. The molecule has 0 aliphatic carbocycles. The molecule has 4 rings (SSSR count). The summed E-state index contributed by atoms with van der Waals surface area (Å²) in [4.78, 5) is 23.0. The zero-order valence-electron chi connectivity index (χ0n) is 18.2. The first kappa shape index (κ1) is 24.4. The molecule has 184 valence electrons. The first-order valence-electron chi connectivity index (χ1n) is 10.5. The number of imidazole rings is 1. The van der Waals surface area contributed by atoms with Crippen molar-refractivity contribution in [3.63, 3.8) is 0 Å². The Hall–Kier alpha value is -3.73. The van der Waals surface area contributed by atoms with Gasteiger partial charge in [-0.25, -0.2) is 15.0 Å². The minimum absolute atomic E-state index is 0.155. The average molecular weight is 490 g/mol. The zero-order valence-corrected chi connectivity index (χ0v) is 18.2. The normalized spacial score (nSPS) is 19.9. The Kier molecular flexibility index (Phi) is 7.15. The number of alkyl halides is 3. The number of fused-ring (bicyclic) bond motifs is 1. The molecule has 0 radical (unpaired) electrons. The van der Waals surface area contributed by atoms with Crippen LogP contribution in [0.1, 0.15) is 23.8 Å². The summed E-state index contributed by atoms with van der Waals surface area (Å²) in [7, 11) is 0. The van der Waals surface area contributed by atoms with E-state index in [2.05, 4.69) is 26.8 Å². The Morgan fingerprint density at radius 3 is 2.80 bits per heavy atom. The van der Waals surface area contributed by atoms with E-state index in [0.717, 1.165) is 5.56 Å². The van der Waals surface area contributed by atoms with Crippen molar-refractivity contribution in [2.45, 2.75) is 37.6 Å². The highest BCUT2D eigenvalue weighted by Crippen LogP contribution is 2.31. The largest absolute Gasteiger partial charge is 0.471 e. The average Bonchev–Trinajstić information content (AvgIpc) is 3.41. The van der Waals surface area contributed by atoms with Crippen LogP contribution in [0.5, 0.6) is 0 Å². The van der Waals surface area contributed by atoms with Crippen molar-refractivity contribution < 1.29 is 32.5 Å². The molecule has 0 spiro atoms. The van der Waals surface area contributed by atoms with Crippen LogP contribution >= 0.6 is 0 Å². The van der Waals surface area contributed by atoms with Gasteiger partial charge in [0, 0.05) is 12.0 Å². The zero-order chi connectivity index (χ0) is 25.0. The van der Waals surface area contributed by atoms with Gasteiger partial charge in [0.2, 0.25) is 0 Å². The molecule has 13 heteroatoms. The molecule has 35 heavy (non-hydrogen) atoms. The lowest BCUT2D eigenvalue weighted by Gasteiger charge is -2.16. The topological polar surface area (TPSA) is 137 Å². The van der Waals surface area contributed by atoms with E-state index in [-0.39, 0.29) is 19.0 Å². The number of ether oxygens (including phenoxy) is 2. The van der Waals surface area contributed by atoms with Crippen LogP contribution in [0, 0.1) is 11.8 Å². The lowest BCUT2D eigenvalue weighted by Crippen LogP contribution is -2.36. The number of halogens is 3. The van der Waals surface area contributed by atoms with Crippen molar-refractivity contribution in [1.29, 1.82) is 0 Å². The van der Waals surface area contributed by atoms with E-state index >= 15 is 0 Å². The SMILES string of the molecule is Nc1ncnc2c1ncn2[C@H]1C[C@H](O)[C@@H](COCc2ccc(C#CCNC(=O)C(F)(F)F)cc2)O1. The molecular weight excluding hydrogens is 469 g/mol. The molecule has 3 aromatic rings. The standard InChI is InChI=1S/C22H21F3N6O4/c23-22(24,25)21(33)27-7-1-2-13-3-5-14(6-4-13)9-34-10-16-15(32)8-17(35-16)31-12-30-18-19(26)28-11-29-20(18)31/h3-6,11-12,15-17,32H,7-10H2,(H,27,33)(H2,26,28,29)/t15-,16+,17+/m0/s1. The van der Waals surface area contributed by atoms with Gasteiger partial charge in [-0.05, 0) is 17.7 Å². The number of amides is 1. The van der Waals surface area contributed by atoms with Crippen LogP contribution in [0.15, 0.2) is 36.9 Å². The fraction of sp³-hybridized carbons (Fsp3) is 0.364. The highest BCUT2D eigenvalue weighted by molar-refractivity contribution is 5.82. The number of hydrogen-bond donors (Lipinski definition) is 3. The van der Waals surface area contributed by atoms with Crippen molar-refractivity contribution in [3.05, 3.63) is 48.0 Å². The number of nitrogens with one attached hydrogen (secondary N) is 1. The number of carbonyl (C=O) groups excluding carboxylic acids is 1. The number of aromatic nitrogens is 4. The lowest BCUT2D eigenvalue weighted by atomic mass is 10.1. The van der Waals surface area contributed by atoms with Gasteiger partial charge in [0.25, 0.3) is 0 Å². The Labute approximate surface area is 197 Å². The molecule has 1 fully saturated rings. The highest BCUT2D eigenvalue weighted by Gasteiger charge is 2.38. The number of rotatable bonds is 6. The van der Waals surface area contributed by atoms with Gasteiger partial charge in [-0.15, -0.1) is 0 Å². The van der Waals surface area contributed by atoms with Gasteiger partial charge < -0.3 is 25.6 Å². The number of nitrogens with two attached hydrogens (primary N) is 1. The molecule has 1 aromatic carbocycles. The Morgan fingerprint density at radius 1 is 1.29 bits per heavy atom. The quantitative estimate of drug-likeness (QED) is 0.440. The number of aliphatic hydroxyl groups excluding tert-OH is 1. The summed E-state index contributed by atoms with van der Waals surface area (Å²) < 4.78 is 49.7. The van der Waals surface area contributed by atoms with E-state index in [4.69, 9.17) is 15.2 Å². The summed E-state index contributed by atoms with van der Waals surface area (Å²) in [6, 6.07) is 6.89. The highest BCUT2D eigenvalue weighted by atomic mass is 19.4. The van der Waals surface area contributed by atoms with Gasteiger partial charge >= 0.3 is 12.1 Å². The van der Waals surface area contributed by atoms with Gasteiger partial charge in [-0.1, -0.05) is 24.0 Å². The molecule has 4 N–H and O–H groups in total. The predicted octanol–water partition coefficient (Wildman–Crippen LogP) is 1.30. The second-order valence-corrected chi connectivity index (χ2v) is 7.71. The fourth-order valence-corrected chi connectivity index (χ4v) is 3.46. The molecule has 1 aliphatic rings. The number of benzene rings is 1. The monoisotopic (exact) mass is 490 g/mol. The summed E-state index contributed by atoms with van der Waals surface area (Å²) in [6.45, 7) is -0.00461. The smallest absolute Gasteiger partial charge is 0.390 e. The number of nitrogen functional groups attached to an aromatic ring is 1. The number of aliphatic hydroxyl groups is 1. The summed E-state index contributed by atoms with van der Waals surface area (Å²) in [5, 5.41) is 12.1. The second-order valence-electron chi connectivity index (χ2n) is 7.71. The maximum atomic E-state index is 12.1. The number of hydrogen-bond acceptors (Lipinski definition) is 8. The van der Waals surface area contributed by atoms with E-state index in [9.17, 15) is 23.1 Å². The molecule has 0 unspecified atom stereocenters. The Morgan fingerprint density at radius 2 is 2.06 bits per heavy atom. The van der Waals surface area contributed by atoms with Crippen molar-refractivity contribution in [1.82, 2.24) is 24.8 Å². The van der Waals surface area contributed by atoms with Crippen molar-refractivity contribution >= 4 is 22.9 Å². The molecule has 1 saturated heterocycles. The minimum atomic E-state index is -4.93. The summed E-state index contributed by atoms with van der Waals surface area (Å²) >= 11 is 0. The van der Waals surface area contributed by atoms with Gasteiger partial charge in [-0.2, -0.15) is 13.2 Å². The molecule has 0 bridgehead atoms. The Bertz CT molecular complexity index is 1250. The summed E-state index contributed by atoms with van der Waals surface area (Å²) in [5.41, 5.74) is 8.19. The van der Waals surface area contributed by atoms with Crippen molar-refractivity contribution in [2.75, 3.05) is 18.9 Å². The van der Waals surface area contributed by atoms with E-state index in [1.165, 1.54) is 6.33 Å². The van der Waals surface area contributed by atoms with Crippen LogP contribution in [0.4, 0.5) is 19.0 Å². The third-order valence-electron chi connectivity index (χ3n) is 5.23. The molecule has 1 amide bonds. The molecule has 3 atom stereocenters. The van der Waals surface area contributed by atoms with Gasteiger partial charge in [0.15, 0.2) is 11.5 Å². The molecular formula is C22H21F3N6O4. The van der Waals surface area contributed by atoms with E-state index in [1.807, 2.05) is 0 Å². The van der Waals surface area contributed by atoms with Crippen molar-refractivity contribution in [2.24, 2.45) is 0 Å². The molecule has 3 heterocycles. The number of anilines is 1. The Balaban J connectivity index is 1.25. The number of carbonyl (C=O) groups is 1. The molecule has 10 nitrogen and oxygen atoms in total. The number of nitrogens with zero attached hydrogens (tertiary/aromatic N) is 4. The summed E-state index contributed by atoms with van der Waals surface area (Å²) in [5.74, 6) is 3.36.